The van der Waals surface area contributed by atoms with Gasteiger partial charge < -0.3 is 5.32 Å². The number of hydrogen-bond donors (Lipinski definition) is 1. The Labute approximate surface area is 150 Å². The molecule has 7 nitrogen and oxygen atoms in total. The zero-order valence-corrected chi connectivity index (χ0v) is 15.7. The fourth-order valence-electron chi connectivity index (χ4n) is 4.23. The average Bonchev–Trinajstić information content (AvgIpc) is 3.12. The zero-order chi connectivity index (χ0) is 17.6. The van der Waals surface area contributed by atoms with Gasteiger partial charge in [0.1, 0.15) is 0 Å². The molecule has 1 aromatic rings. The predicted octanol–water partition coefficient (Wildman–Crippen LogP) is 2.62. The van der Waals surface area contributed by atoms with Gasteiger partial charge in [0.15, 0.2) is 5.82 Å². The van der Waals surface area contributed by atoms with Gasteiger partial charge in [0.2, 0.25) is 5.91 Å². The van der Waals surface area contributed by atoms with Gasteiger partial charge in [-0.15, -0.1) is 5.10 Å². The molecule has 2 fully saturated rings. The molecule has 3 rings (SSSR count). The Hall–Kier alpha value is -1.50. The van der Waals surface area contributed by atoms with Crippen LogP contribution in [-0.2, 0) is 4.79 Å². The van der Waals surface area contributed by atoms with Crippen LogP contribution in [0.5, 0.6) is 0 Å². The van der Waals surface area contributed by atoms with Gasteiger partial charge in [0.05, 0.1) is 12.1 Å². The Morgan fingerprint density at radius 1 is 1.24 bits per heavy atom. The summed E-state index contributed by atoms with van der Waals surface area (Å²) in [7, 11) is 0. The molecule has 0 spiro atoms. The average molecular weight is 348 g/mol. The molecule has 25 heavy (non-hydrogen) atoms. The molecule has 1 N–H and O–H groups in total. The summed E-state index contributed by atoms with van der Waals surface area (Å²) in [5.74, 6) is 1.15. The lowest BCUT2D eigenvalue weighted by Gasteiger charge is -2.37. The molecule has 140 valence electrons. The van der Waals surface area contributed by atoms with E-state index in [2.05, 4.69) is 37.3 Å². The van der Waals surface area contributed by atoms with Crippen molar-refractivity contribution < 1.29 is 4.79 Å². The fourth-order valence-corrected chi connectivity index (χ4v) is 4.23. The molecular weight excluding hydrogens is 316 g/mol. The predicted molar refractivity (Wildman–Crippen MR) is 96.0 cm³/mol. The number of nitrogens with zero attached hydrogens (tertiary/aromatic N) is 5. The van der Waals surface area contributed by atoms with Gasteiger partial charge in [-0.05, 0) is 56.0 Å². The summed E-state index contributed by atoms with van der Waals surface area (Å²) in [6.07, 6.45) is 9.91. The van der Waals surface area contributed by atoms with Crippen LogP contribution in [0.3, 0.4) is 0 Å². The Morgan fingerprint density at radius 2 is 2.04 bits per heavy atom. The summed E-state index contributed by atoms with van der Waals surface area (Å²) in [5.41, 5.74) is 0. The standard InChI is InChI=1S/C18H32N6O/c1-3-8-17(25)19-15-9-7-12-23(13-15)14(2)18-20-21-22-24(18)16-10-5-4-6-11-16/h14-16H,3-13H2,1-2H3,(H,19,25)/t14-,15-/m1/s1. The van der Waals surface area contributed by atoms with Crippen LogP contribution in [0.15, 0.2) is 0 Å². The van der Waals surface area contributed by atoms with E-state index in [9.17, 15) is 4.79 Å². The minimum absolute atomic E-state index is 0.175. The number of likely N-dealkylation sites (tertiary alicyclic amines) is 1. The van der Waals surface area contributed by atoms with Crippen molar-refractivity contribution in [1.82, 2.24) is 30.4 Å². The number of hydrogen-bond acceptors (Lipinski definition) is 5. The van der Waals surface area contributed by atoms with Crippen LogP contribution in [0, 0.1) is 0 Å². The van der Waals surface area contributed by atoms with Gasteiger partial charge >= 0.3 is 0 Å². The molecular formula is C18H32N6O. The second-order valence-electron chi connectivity index (χ2n) is 7.60. The number of carbonyl (C=O) groups excluding carboxylic acids is 1. The lowest BCUT2D eigenvalue weighted by atomic mass is 9.95. The molecule has 1 aliphatic carbocycles. The number of piperidine rings is 1. The molecule has 1 aliphatic heterocycles. The maximum absolute atomic E-state index is 11.9. The van der Waals surface area contributed by atoms with Crippen molar-refractivity contribution in [3.05, 3.63) is 5.82 Å². The smallest absolute Gasteiger partial charge is 0.220 e. The first-order valence-corrected chi connectivity index (χ1v) is 10.00. The van der Waals surface area contributed by atoms with E-state index in [1.54, 1.807) is 0 Å². The largest absolute Gasteiger partial charge is 0.352 e. The van der Waals surface area contributed by atoms with Crippen LogP contribution in [0.4, 0.5) is 0 Å². The van der Waals surface area contributed by atoms with Crippen LogP contribution >= 0.6 is 0 Å². The molecule has 2 atom stereocenters. The minimum atomic E-state index is 0.175. The van der Waals surface area contributed by atoms with Gasteiger partial charge in [0.25, 0.3) is 0 Å². The van der Waals surface area contributed by atoms with E-state index in [0.717, 1.165) is 38.2 Å². The van der Waals surface area contributed by atoms with Crippen molar-refractivity contribution in [2.45, 2.75) is 89.8 Å². The second-order valence-corrected chi connectivity index (χ2v) is 7.60. The molecule has 1 saturated heterocycles. The summed E-state index contributed by atoms with van der Waals surface area (Å²) < 4.78 is 2.07. The highest BCUT2D eigenvalue weighted by Crippen LogP contribution is 2.31. The third-order valence-corrected chi connectivity index (χ3v) is 5.66. The molecule has 7 heteroatoms. The van der Waals surface area contributed by atoms with Crippen LogP contribution in [-0.4, -0.2) is 50.1 Å². The molecule has 0 radical (unpaired) electrons. The summed E-state index contributed by atoms with van der Waals surface area (Å²) in [6.45, 7) is 6.16. The summed E-state index contributed by atoms with van der Waals surface area (Å²) in [4.78, 5) is 14.3. The molecule has 1 aromatic heterocycles. The van der Waals surface area contributed by atoms with E-state index in [0.29, 0.717) is 12.5 Å². The maximum atomic E-state index is 11.9. The number of aromatic nitrogens is 4. The van der Waals surface area contributed by atoms with E-state index >= 15 is 0 Å². The Bertz CT molecular complexity index is 554. The van der Waals surface area contributed by atoms with Crippen molar-refractivity contribution in [2.75, 3.05) is 13.1 Å². The van der Waals surface area contributed by atoms with Crippen LogP contribution in [0.1, 0.15) is 89.5 Å². The number of nitrogens with one attached hydrogen (secondary N) is 1. The minimum Gasteiger partial charge on any atom is -0.352 e. The maximum Gasteiger partial charge on any atom is 0.220 e. The van der Waals surface area contributed by atoms with Crippen LogP contribution in [0.2, 0.25) is 0 Å². The Balaban J connectivity index is 1.63. The summed E-state index contributed by atoms with van der Waals surface area (Å²) in [5, 5.41) is 15.8. The SMILES string of the molecule is CCCC(=O)N[C@@H]1CCCN([C@H](C)c2nnnn2C2CCCCC2)C1. The lowest BCUT2D eigenvalue weighted by molar-refractivity contribution is -0.122. The van der Waals surface area contributed by atoms with Crippen molar-refractivity contribution in [3.63, 3.8) is 0 Å². The molecule has 2 aliphatic rings. The summed E-state index contributed by atoms with van der Waals surface area (Å²) >= 11 is 0. The molecule has 1 amide bonds. The zero-order valence-electron chi connectivity index (χ0n) is 15.7. The van der Waals surface area contributed by atoms with Crippen molar-refractivity contribution in [2.24, 2.45) is 0 Å². The Morgan fingerprint density at radius 3 is 2.80 bits per heavy atom. The van der Waals surface area contributed by atoms with Crippen LogP contribution in [0.25, 0.3) is 0 Å². The summed E-state index contributed by atoms with van der Waals surface area (Å²) in [6, 6.07) is 0.878. The van der Waals surface area contributed by atoms with Gasteiger partial charge in [-0.25, -0.2) is 4.68 Å². The lowest BCUT2D eigenvalue weighted by Crippen LogP contribution is -2.48. The normalized spacial score (nSPS) is 24.2. The molecule has 0 bridgehead atoms. The first-order valence-electron chi connectivity index (χ1n) is 10.00. The molecule has 2 heterocycles. The Kier molecular flexibility index (Phi) is 6.39. The highest BCUT2D eigenvalue weighted by Gasteiger charge is 2.30. The van der Waals surface area contributed by atoms with Gasteiger partial charge in [-0.1, -0.05) is 26.2 Å². The van der Waals surface area contributed by atoms with Crippen LogP contribution < -0.4 is 5.32 Å². The van der Waals surface area contributed by atoms with Crippen molar-refractivity contribution in [1.29, 1.82) is 0 Å². The number of tetrazole rings is 1. The molecule has 0 unspecified atom stereocenters. The quantitative estimate of drug-likeness (QED) is 0.855. The van der Waals surface area contributed by atoms with E-state index in [-0.39, 0.29) is 18.0 Å². The second kappa shape index (κ2) is 8.74. The van der Waals surface area contributed by atoms with E-state index in [1.807, 2.05) is 6.92 Å². The van der Waals surface area contributed by atoms with Gasteiger partial charge in [-0.3, -0.25) is 9.69 Å². The van der Waals surface area contributed by atoms with Crippen molar-refractivity contribution >= 4 is 5.91 Å². The van der Waals surface area contributed by atoms with E-state index in [1.165, 1.54) is 32.1 Å². The van der Waals surface area contributed by atoms with Gasteiger partial charge in [-0.2, -0.15) is 0 Å². The first-order chi connectivity index (χ1) is 12.2. The number of amides is 1. The fraction of sp³-hybridized carbons (Fsp3) is 0.889. The van der Waals surface area contributed by atoms with E-state index in [4.69, 9.17) is 0 Å². The topological polar surface area (TPSA) is 75.9 Å². The first kappa shape index (κ1) is 18.3. The molecule has 0 aromatic carbocycles. The number of rotatable bonds is 6. The number of carbonyl (C=O) groups is 1. The monoisotopic (exact) mass is 348 g/mol. The third kappa shape index (κ3) is 4.57. The van der Waals surface area contributed by atoms with E-state index < -0.39 is 0 Å². The highest BCUT2D eigenvalue weighted by molar-refractivity contribution is 5.76. The van der Waals surface area contributed by atoms with Gasteiger partial charge in [0, 0.05) is 19.0 Å². The third-order valence-electron chi connectivity index (χ3n) is 5.66. The van der Waals surface area contributed by atoms with Crippen molar-refractivity contribution in [3.8, 4) is 0 Å². The molecule has 1 saturated carbocycles. The highest BCUT2D eigenvalue weighted by atomic mass is 16.1.